The number of benzene rings is 2. The molecule has 0 unspecified atom stereocenters. The van der Waals surface area contributed by atoms with Crippen molar-refractivity contribution in [3.63, 3.8) is 0 Å². The third-order valence-electron chi connectivity index (χ3n) is 3.66. The molecule has 2 aromatic carbocycles. The summed E-state index contributed by atoms with van der Waals surface area (Å²) >= 11 is 10.8. The van der Waals surface area contributed by atoms with Gasteiger partial charge in [0, 0.05) is 5.02 Å². The lowest BCUT2D eigenvalue weighted by atomic mass is 10.2. The number of halogens is 2. The number of amides is 1. The fourth-order valence-corrected chi connectivity index (χ4v) is 4.11. The van der Waals surface area contributed by atoms with Crippen molar-refractivity contribution in [2.45, 2.75) is 6.92 Å². The van der Waals surface area contributed by atoms with Crippen molar-refractivity contribution >= 4 is 62.1 Å². The molecule has 1 heterocycles. The molecule has 0 atom stereocenters. The number of ether oxygens (including phenoxy) is 2. The molecule has 1 fully saturated rings. The van der Waals surface area contributed by atoms with E-state index in [0.717, 1.165) is 10.0 Å². The van der Waals surface area contributed by atoms with Gasteiger partial charge in [0.25, 0.3) is 5.91 Å². The number of carbonyl (C=O) groups is 1. The highest BCUT2D eigenvalue weighted by molar-refractivity contribution is 9.10. The van der Waals surface area contributed by atoms with E-state index in [-0.39, 0.29) is 5.91 Å². The number of hydrogen-bond acceptors (Lipinski definition) is 5. The van der Waals surface area contributed by atoms with E-state index in [1.54, 1.807) is 24.3 Å². The molecule has 1 aliphatic heterocycles. The molecule has 1 N–H and O–H groups in total. The highest BCUT2D eigenvalue weighted by atomic mass is 79.9. The zero-order valence-electron chi connectivity index (χ0n) is 15.6. The molecule has 1 saturated heterocycles. The van der Waals surface area contributed by atoms with Crippen LogP contribution in [0.5, 0.6) is 11.5 Å². The Balaban J connectivity index is 1.87. The molecule has 2 aromatic rings. The Labute approximate surface area is 187 Å². The predicted molar refractivity (Wildman–Crippen MR) is 123 cm³/mol. The number of nitrogens with zero attached hydrogens (tertiary/aromatic N) is 1. The molecular formula is C21H18BrClN2O3S. The zero-order chi connectivity index (χ0) is 20.8. The van der Waals surface area contributed by atoms with Gasteiger partial charge in [-0.25, -0.2) is 4.99 Å². The molecule has 0 radical (unpaired) electrons. The summed E-state index contributed by atoms with van der Waals surface area (Å²) in [5.41, 5.74) is 1.47. The van der Waals surface area contributed by atoms with Crippen molar-refractivity contribution < 1.29 is 14.3 Å². The van der Waals surface area contributed by atoms with Gasteiger partial charge in [-0.05, 0) is 76.6 Å². The topological polar surface area (TPSA) is 59.9 Å². The molecule has 0 saturated carbocycles. The Morgan fingerprint density at radius 3 is 2.86 bits per heavy atom. The minimum absolute atomic E-state index is 0.211. The van der Waals surface area contributed by atoms with Crippen LogP contribution in [0.25, 0.3) is 6.08 Å². The second-order valence-electron chi connectivity index (χ2n) is 5.82. The Bertz CT molecular complexity index is 1010. The second kappa shape index (κ2) is 10.0. The smallest absolute Gasteiger partial charge is 0.264 e. The van der Waals surface area contributed by atoms with Gasteiger partial charge in [0.2, 0.25) is 0 Å². The number of amidine groups is 1. The van der Waals surface area contributed by atoms with Gasteiger partial charge in [0.1, 0.15) is 6.61 Å². The van der Waals surface area contributed by atoms with Crippen LogP contribution in [0.2, 0.25) is 5.02 Å². The number of hydrogen-bond donors (Lipinski definition) is 1. The summed E-state index contributed by atoms with van der Waals surface area (Å²) < 4.78 is 12.1. The Morgan fingerprint density at radius 1 is 1.31 bits per heavy atom. The SMILES string of the molecule is C=CCOc1c(Br)cc(C=C2SC(=Nc3cccc(Cl)c3)NC2=O)cc1OCC. The third-order valence-corrected chi connectivity index (χ3v) is 5.40. The summed E-state index contributed by atoms with van der Waals surface area (Å²) in [5, 5.41) is 3.86. The van der Waals surface area contributed by atoms with Crippen molar-refractivity contribution in [2.24, 2.45) is 4.99 Å². The van der Waals surface area contributed by atoms with Crippen molar-refractivity contribution in [3.05, 3.63) is 69.0 Å². The molecule has 0 aliphatic carbocycles. The maximum atomic E-state index is 12.4. The zero-order valence-corrected chi connectivity index (χ0v) is 18.7. The molecule has 1 amide bonds. The number of rotatable bonds is 7. The van der Waals surface area contributed by atoms with Gasteiger partial charge in [0.15, 0.2) is 16.7 Å². The van der Waals surface area contributed by atoms with E-state index in [2.05, 4.69) is 32.8 Å². The van der Waals surface area contributed by atoms with Crippen LogP contribution < -0.4 is 14.8 Å². The number of nitrogens with one attached hydrogen (secondary N) is 1. The first-order valence-corrected chi connectivity index (χ1v) is 10.7. The summed E-state index contributed by atoms with van der Waals surface area (Å²) in [7, 11) is 0. The molecule has 29 heavy (non-hydrogen) atoms. The van der Waals surface area contributed by atoms with E-state index in [9.17, 15) is 4.79 Å². The van der Waals surface area contributed by atoms with Crippen LogP contribution >= 0.6 is 39.3 Å². The van der Waals surface area contributed by atoms with Crippen LogP contribution in [0.3, 0.4) is 0 Å². The summed E-state index contributed by atoms with van der Waals surface area (Å²) in [6, 6.07) is 10.8. The van der Waals surface area contributed by atoms with Crippen molar-refractivity contribution in [3.8, 4) is 11.5 Å². The first kappa shape index (κ1) is 21.5. The Kier molecular flexibility index (Phi) is 7.41. The molecule has 0 spiro atoms. The fourth-order valence-electron chi connectivity index (χ4n) is 2.51. The maximum Gasteiger partial charge on any atom is 0.264 e. The van der Waals surface area contributed by atoms with Gasteiger partial charge in [0.05, 0.1) is 21.7 Å². The van der Waals surface area contributed by atoms with Crippen LogP contribution in [0.1, 0.15) is 12.5 Å². The average molecular weight is 494 g/mol. The van der Waals surface area contributed by atoms with Gasteiger partial charge < -0.3 is 14.8 Å². The summed E-state index contributed by atoms with van der Waals surface area (Å²) in [5.74, 6) is 0.976. The molecule has 0 aromatic heterocycles. The second-order valence-corrected chi connectivity index (χ2v) is 8.15. The molecule has 3 rings (SSSR count). The van der Waals surface area contributed by atoms with Crippen LogP contribution in [0.4, 0.5) is 5.69 Å². The first-order chi connectivity index (χ1) is 14.0. The van der Waals surface area contributed by atoms with Crippen molar-refractivity contribution in [1.29, 1.82) is 0 Å². The number of thioether (sulfide) groups is 1. The van der Waals surface area contributed by atoms with Gasteiger partial charge >= 0.3 is 0 Å². The Morgan fingerprint density at radius 2 is 2.14 bits per heavy atom. The summed E-state index contributed by atoms with van der Waals surface area (Å²) in [4.78, 5) is 17.3. The predicted octanol–water partition coefficient (Wildman–Crippen LogP) is 5.96. The quantitative estimate of drug-likeness (QED) is 0.382. The summed E-state index contributed by atoms with van der Waals surface area (Å²) in [6.07, 6.45) is 3.45. The number of carbonyl (C=O) groups excluding carboxylic acids is 1. The average Bonchev–Trinajstić information content (AvgIpc) is 3.00. The van der Waals surface area contributed by atoms with Crippen LogP contribution in [-0.4, -0.2) is 24.3 Å². The lowest BCUT2D eigenvalue weighted by molar-refractivity contribution is -0.115. The highest BCUT2D eigenvalue weighted by Crippen LogP contribution is 2.38. The van der Waals surface area contributed by atoms with Crippen molar-refractivity contribution in [1.82, 2.24) is 5.32 Å². The highest BCUT2D eigenvalue weighted by Gasteiger charge is 2.24. The van der Waals surface area contributed by atoms with E-state index >= 15 is 0 Å². The molecule has 8 heteroatoms. The van der Waals surface area contributed by atoms with E-state index in [4.69, 9.17) is 21.1 Å². The third kappa shape index (κ3) is 5.65. The largest absolute Gasteiger partial charge is 0.490 e. The lowest BCUT2D eigenvalue weighted by Gasteiger charge is -2.13. The molecule has 5 nitrogen and oxygen atoms in total. The normalized spacial score (nSPS) is 16.2. The lowest BCUT2D eigenvalue weighted by Crippen LogP contribution is -2.19. The molecule has 1 aliphatic rings. The van der Waals surface area contributed by atoms with E-state index in [0.29, 0.717) is 45.5 Å². The standard InChI is InChI=1S/C21H18BrClN2O3S/c1-3-8-28-19-16(22)9-13(10-17(19)27-4-2)11-18-20(26)25-21(29-18)24-15-7-5-6-14(23)12-15/h3,5-7,9-12H,1,4,8H2,2H3,(H,24,25,26). The van der Waals surface area contributed by atoms with Crippen LogP contribution in [0.15, 0.2) is 63.4 Å². The van der Waals surface area contributed by atoms with Crippen molar-refractivity contribution in [2.75, 3.05) is 13.2 Å². The van der Waals surface area contributed by atoms with Gasteiger partial charge in [-0.2, -0.15) is 0 Å². The van der Waals surface area contributed by atoms with Gasteiger partial charge in [-0.3, -0.25) is 4.79 Å². The maximum absolute atomic E-state index is 12.4. The molecular weight excluding hydrogens is 476 g/mol. The minimum Gasteiger partial charge on any atom is -0.490 e. The summed E-state index contributed by atoms with van der Waals surface area (Å²) in [6.45, 7) is 6.41. The molecule has 0 bridgehead atoms. The fraction of sp³-hybridized carbons (Fsp3) is 0.143. The van der Waals surface area contributed by atoms with E-state index in [1.165, 1.54) is 11.8 Å². The van der Waals surface area contributed by atoms with Gasteiger partial charge in [-0.1, -0.05) is 30.3 Å². The Hall–Kier alpha value is -2.22. The molecule has 150 valence electrons. The van der Waals surface area contributed by atoms with Crippen LogP contribution in [0, 0.1) is 0 Å². The van der Waals surface area contributed by atoms with Crippen LogP contribution in [-0.2, 0) is 4.79 Å². The van der Waals surface area contributed by atoms with Gasteiger partial charge in [-0.15, -0.1) is 0 Å². The van der Waals surface area contributed by atoms with E-state index < -0.39 is 0 Å². The first-order valence-electron chi connectivity index (χ1n) is 8.75. The monoisotopic (exact) mass is 492 g/mol. The van der Waals surface area contributed by atoms with E-state index in [1.807, 2.05) is 31.2 Å². The number of aliphatic imine (C=N–C) groups is 1. The minimum atomic E-state index is -0.211.